The molecule has 1 aromatic rings. The number of carbonyl (C=O) groups excluding carboxylic acids is 1. The number of ether oxygens (including phenoxy) is 1. The SMILES string of the molecule is CCNC(=S)NC(=O)c1ccc(OCCC(C)C)c(Br)c1. The number of carbonyl (C=O) groups is 1. The van der Waals surface area contributed by atoms with Crippen LogP contribution in [0.4, 0.5) is 0 Å². The van der Waals surface area contributed by atoms with Crippen molar-refractivity contribution >= 4 is 39.2 Å². The first-order valence-electron chi connectivity index (χ1n) is 6.95. The van der Waals surface area contributed by atoms with Gasteiger partial charge in [0.05, 0.1) is 11.1 Å². The molecule has 0 atom stereocenters. The van der Waals surface area contributed by atoms with E-state index < -0.39 is 0 Å². The Balaban J connectivity index is 2.64. The van der Waals surface area contributed by atoms with Gasteiger partial charge in [-0.05, 0) is 65.6 Å². The Morgan fingerprint density at radius 2 is 2.14 bits per heavy atom. The van der Waals surface area contributed by atoms with E-state index in [4.69, 9.17) is 17.0 Å². The molecular weight excluding hydrogens is 352 g/mol. The van der Waals surface area contributed by atoms with Crippen molar-refractivity contribution in [2.45, 2.75) is 27.2 Å². The second-order valence-electron chi connectivity index (χ2n) is 4.99. The fraction of sp³-hybridized carbons (Fsp3) is 0.467. The summed E-state index contributed by atoms with van der Waals surface area (Å²) in [6.45, 7) is 7.55. The van der Waals surface area contributed by atoms with Crippen LogP contribution in [0.1, 0.15) is 37.6 Å². The molecule has 6 heteroatoms. The third-order valence-corrected chi connectivity index (χ3v) is 3.58. The standard InChI is InChI=1S/C15H21BrN2O2S/c1-4-17-15(21)18-14(19)11-5-6-13(12(16)9-11)20-8-7-10(2)3/h5-6,9-10H,4,7-8H2,1-3H3,(H2,17,18,19,21). The van der Waals surface area contributed by atoms with E-state index in [9.17, 15) is 4.79 Å². The Kier molecular flexibility index (Phi) is 7.67. The molecule has 1 amide bonds. The van der Waals surface area contributed by atoms with Gasteiger partial charge in [-0.2, -0.15) is 0 Å². The van der Waals surface area contributed by atoms with E-state index in [0.29, 0.717) is 29.7 Å². The monoisotopic (exact) mass is 372 g/mol. The van der Waals surface area contributed by atoms with E-state index in [2.05, 4.69) is 40.4 Å². The van der Waals surface area contributed by atoms with Crippen LogP contribution in [-0.2, 0) is 0 Å². The third-order valence-electron chi connectivity index (χ3n) is 2.71. The van der Waals surface area contributed by atoms with Crippen molar-refractivity contribution in [1.82, 2.24) is 10.6 Å². The molecular formula is C15H21BrN2O2S. The molecule has 21 heavy (non-hydrogen) atoms. The van der Waals surface area contributed by atoms with Gasteiger partial charge in [-0.25, -0.2) is 0 Å². The second kappa shape index (κ2) is 9.00. The van der Waals surface area contributed by atoms with Crippen LogP contribution in [0.5, 0.6) is 5.75 Å². The predicted molar refractivity (Wildman–Crippen MR) is 92.8 cm³/mol. The predicted octanol–water partition coefficient (Wildman–Crippen LogP) is 3.50. The number of benzene rings is 1. The quantitative estimate of drug-likeness (QED) is 0.750. The van der Waals surface area contributed by atoms with E-state index in [1.54, 1.807) is 18.2 Å². The fourth-order valence-corrected chi connectivity index (χ4v) is 2.27. The molecule has 2 N–H and O–H groups in total. The molecule has 0 unspecified atom stereocenters. The first kappa shape index (κ1) is 17.9. The number of rotatable bonds is 6. The van der Waals surface area contributed by atoms with Crippen LogP contribution in [-0.4, -0.2) is 24.2 Å². The van der Waals surface area contributed by atoms with E-state index in [-0.39, 0.29) is 5.91 Å². The number of amides is 1. The minimum absolute atomic E-state index is 0.240. The summed E-state index contributed by atoms with van der Waals surface area (Å²) in [5.74, 6) is 1.10. The lowest BCUT2D eigenvalue weighted by atomic mass is 10.1. The summed E-state index contributed by atoms with van der Waals surface area (Å²) >= 11 is 8.42. The third kappa shape index (κ3) is 6.44. The fourth-order valence-electron chi connectivity index (χ4n) is 1.54. The van der Waals surface area contributed by atoms with Gasteiger partial charge in [0, 0.05) is 12.1 Å². The van der Waals surface area contributed by atoms with E-state index in [1.807, 2.05) is 6.92 Å². The number of hydrogen-bond acceptors (Lipinski definition) is 3. The Labute approximate surface area is 139 Å². The molecule has 0 saturated heterocycles. The highest BCUT2D eigenvalue weighted by Gasteiger charge is 2.10. The number of thiocarbonyl (C=S) groups is 1. The van der Waals surface area contributed by atoms with Crippen molar-refractivity contribution in [3.05, 3.63) is 28.2 Å². The molecule has 0 spiro atoms. The van der Waals surface area contributed by atoms with Crippen molar-refractivity contribution in [3.8, 4) is 5.75 Å². The van der Waals surface area contributed by atoms with Gasteiger partial charge in [0.15, 0.2) is 5.11 Å². The first-order chi connectivity index (χ1) is 9.93. The number of nitrogens with one attached hydrogen (secondary N) is 2. The minimum Gasteiger partial charge on any atom is -0.492 e. The van der Waals surface area contributed by atoms with Crippen molar-refractivity contribution in [2.24, 2.45) is 5.92 Å². The van der Waals surface area contributed by atoms with E-state index in [0.717, 1.165) is 16.6 Å². The summed E-state index contributed by atoms with van der Waals surface area (Å²) in [4.78, 5) is 12.0. The molecule has 0 aromatic heterocycles. The molecule has 4 nitrogen and oxygen atoms in total. The highest BCUT2D eigenvalue weighted by Crippen LogP contribution is 2.26. The smallest absolute Gasteiger partial charge is 0.257 e. The zero-order chi connectivity index (χ0) is 15.8. The summed E-state index contributed by atoms with van der Waals surface area (Å²) in [6, 6.07) is 5.24. The van der Waals surface area contributed by atoms with Crippen LogP contribution in [0.15, 0.2) is 22.7 Å². The highest BCUT2D eigenvalue weighted by atomic mass is 79.9. The topological polar surface area (TPSA) is 50.4 Å². The Bertz CT molecular complexity index is 506. The molecule has 0 aliphatic heterocycles. The largest absolute Gasteiger partial charge is 0.492 e. The van der Waals surface area contributed by atoms with Crippen LogP contribution >= 0.6 is 28.1 Å². The zero-order valence-corrected chi connectivity index (χ0v) is 14.9. The van der Waals surface area contributed by atoms with Gasteiger partial charge in [0.2, 0.25) is 0 Å². The van der Waals surface area contributed by atoms with Gasteiger partial charge in [-0.15, -0.1) is 0 Å². The lowest BCUT2D eigenvalue weighted by Gasteiger charge is -2.11. The van der Waals surface area contributed by atoms with Crippen LogP contribution in [0.25, 0.3) is 0 Å². The lowest BCUT2D eigenvalue weighted by Crippen LogP contribution is -2.39. The summed E-state index contributed by atoms with van der Waals surface area (Å²) in [5, 5.41) is 5.82. The number of hydrogen-bond donors (Lipinski definition) is 2. The van der Waals surface area contributed by atoms with Gasteiger partial charge < -0.3 is 10.1 Å². The maximum atomic E-state index is 12.0. The summed E-state index contributed by atoms with van der Waals surface area (Å²) < 4.78 is 6.44. The average molecular weight is 373 g/mol. The molecule has 0 aliphatic rings. The summed E-state index contributed by atoms with van der Waals surface area (Å²) in [7, 11) is 0. The molecule has 0 saturated carbocycles. The molecule has 116 valence electrons. The zero-order valence-electron chi connectivity index (χ0n) is 12.5. The maximum Gasteiger partial charge on any atom is 0.257 e. The van der Waals surface area contributed by atoms with Gasteiger partial charge in [0.25, 0.3) is 5.91 Å². The van der Waals surface area contributed by atoms with Gasteiger partial charge in [-0.1, -0.05) is 13.8 Å². The normalized spacial score (nSPS) is 10.3. The van der Waals surface area contributed by atoms with Crippen LogP contribution in [0, 0.1) is 5.92 Å². The average Bonchev–Trinajstić information content (AvgIpc) is 2.40. The molecule has 0 radical (unpaired) electrons. The minimum atomic E-state index is -0.240. The molecule has 1 rings (SSSR count). The lowest BCUT2D eigenvalue weighted by molar-refractivity contribution is 0.0976. The van der Waals surface area contributed by atoms with Crippen molar-refractivity contribution in [1.29, 1.82) is 0 Å². The molecule has 0 bridgehead atoms. The number of halogens is 1. The van der Waals surface area contributed by atoms with Gasteiger partial charge >= 0.3 is 0 Å². The van der Waals surface area contributed by atoms with Crippen molar-refractivity contribution in [3.63, 3.8) is 0 Å². The van der Waals surface area contributed by atoms with Crippen LogP contribution in [0.3, 0.4) is 0 Å². The molecule has 0 heterocycles. The molecule has 0 fully saturated rings. The van der Waals surface area contributed by atoms with Gasteiger partial charge in [-0.3, -0.25) is 10.1 Å². The highest BCUT2D eigenvalue weighted by molar-refractivity contribution is 9.10. The van der Waals surface area contributed by atoms with E-state index >= 15 is 0 Å². The van der Waals surface area contributed by atoms with E-state index in [1.165, 1.54) is 0 Å². The summed E-state index contributed by atoms with van der Waals surface area (Å²) in [6.07, 6.45) is 0.992. The van der Waals surface area contributed by atoms with Crippen LogP contribution < -0.4 is 15.4 Å². The second-order valence-corrected chi connectivity index (χ2v) is 6.25. The first-order valence-corrected chi connectivity index (χ1v) is 8.15. The van der Waals surface area contributed by atoms with Crippen molar-refractivity contribution in [2.75, 3.05) is 13.2 Å². The van der Waals surface area contributed by atoms with Crippen LogP contribution in [0.2, 0.25) is 0 Å². The van der Waals surface area contributed by atoms with Crippen molar-refractivity contribution < 1.29 is 9.53 Å². The summed E-state index contributed by atoms with van der Waals surface area (Å²) in [5.41, 5.74) is 0.526. The molecule has 1 aromatic carbocycles. The Morgan fingerprint density at radius 1 is 1.43 bits per heavy atom. The van der Waals surface area contributed by atoms with Gasteiger partial charge in [0.1, 0.15) is 5.75 Å². The Morgan fingerprint density at radius 3 is 2.71 bits per heavy atom. The maximum absolute atomic E-state index is 12.0. The molecule has 0 aliphatic carbocycles. The Hall–Kier alpha value is -1.14.